The number of H-pyrrole nitrogens is 1. The molecule has 1 fully saturated rings. The predicted octanol–water partition coefficient (Wildman–Crippen LogP) is 3.23. The fourth-order valence-corrected chi connectivity index (χ4v) is 3.74. The molecular weight excluding hydrogens is 420 g/mol. The highest BCUT2D eigenvalue weighted by Gasteiger charge is 2.25. The summed E-state index contributed by atoms with van der Waals surface area (Å²) < 4.78 is 9.14. The van der Waals surface area contributed by atoms with Gasteiger partial charge in [-0.15, -0.1) is 5.10 Å². The lowest BCUT2D eigenvalue weighted by Gasteiger charge is -2.13. The monoisotopic (exact) mass is 434 g/mol. The minimum Gasteiger partial charge on any atom is -0.455 e. The van der Waals surface area contributed by atoms with Crippen LogP contribution < -0.4 is 16.0 Å². The van der Waals surface area contributed by atoms with E-state index in [1.54, 1.807) is 19.1 Å². The lowest BCUT2D eigenvalue weighted by molar-refractivity contribution is 0.479. The van der Waals surface area contributed by atoms with E-state index in [1.807, 2.05) is 24.5 Å². The molecule has 1 N–H and O–H groups in total. The second-order valence-corrected chi connectivity index (χ2v) is 7.75. The SMILES string of the molecule is Cc1cc(-n2nc(C#N)c(=O)[nH]c2=O)cc(Cl)c1Oc1ccc2ncn(C3CC3)c2c1. The zero-order valence-electron chi connectivity index (χ0n) is 16.3. The van der Waals surface area contributed by atoms with E-state index < -0.39 is 16.9 Å². The third kappa shape index (κ3) is 3.37. The van der Waals surface area contributed by atoms with Gasteiger partial charge >= 0.3 is 5.69 Å². The normalized spacial score (nSPS) is 13.3. The van der Waals surface area contributed by atoms with E-state index in [0.29, 0.717) is 28.8 Å². The maximum Gasteiger partial charge on any atom is 0.349 e. The number of hydrogen-bond acceptors (Lipinski definition) is 6. The molecule has 2 aromatic heterocycles. The first-order chi connectivity index (χ1) is 14.9. The number of fused-ring (bicyclic) bond motifs is 1. The number of nitrogens with one attached hydrogen (secondary N) is 1. The molecule has 0 aliphatic heterocycles. The molecule has 1 saturated carbocycles. The number of ether oxygens (including phenoxy) is 1. The molecule has 1 aliphatic carbocycles. The van der Waals surface area contributed by atoms with Gasteiger partial charge in [-0.1, -0.05) is 11.6 Å². The fraction of sp³-hybridized carbons (Fsp3) is 0.190. The van der Waals surface area contributed by atoms with Gasteiger partial charge in [-0.25, -0.2) is 9.78 Å². The second kappa shape index (κ2) is 7.11. The molecule has 0 unspecified atom stereocenters. The Kier molecular flexibility index (Phi) is 4.38. The van der Waals surface area contributed by atoms with Crippen LogP contribution >= 0.6 is 11.6 Å². The van der Waals surface area contributed by atoms with E-state index in [2.05, 4.69) is 19.6 Å². The van der Waals surface area contributed by atoms with Gasteiger partial charge in [-0.05, 0) is 49.6 Å². The van der Waals surface area contributed by atoms with E-state index in [1.165, 1.54) is 6.07 Å². The summed E-state index contributed by atoms with van der Waals surface area (Å²) in [5.74, 6) is 1.04. The number of aromatic amines is 1. The molecule has 10 heteroatoms. The summed E-state index contributed by atoms with van der Waals surface area (Å²) in [7, 11) is 0. The molecule has 0 amide bonds. The third-order valence-corrected chi connectivity index (χ3v) is 5.38. The molecule has 5 rings (SSSR count). The van der Waals surface area contributed by atoms with Gasteiger partial charge in [-0.3, -0.25) is 9.78 Å². The summed E-state index contributed by atoms with van der Waals surface area (Å²) in [6.07, 6.45) is 4.15. The maximum absolute atomic E-state index is 12.2. The molecule has 4 aromatic rings. The molecule has 31 heavy (non-hydrogen) atoms. The van der Waals surface area contributed by atoms with Gasteiger partial charge < -0.3 is 9.30 Å². The Labute approximate surface area is 180 Å². The smallest absolute Gasteiger partial charge is 0.349 e. The van der Waals surface area contributed by atoms with Crippen molar-refractivity contribution in [2.45, 2.75) is 25.8 Å². The highest BCUT2D eigenvalue weighted by molar-refractivity contribution is 6.32. The predicted molar refractivity (Wildman–Crippen MR) is 113 cm³/mol. The number of nitriles is 1. The highest BCUT2D eigenvalue weighted by atomic mass is 35.5. The third-order valence-electron chi connectivity index (χ3n) is 5.10. The van der Waals surface area contributed by atoms with Gasteiger partial charge in [0.1, 0.15) is 17.6 Å². The fourth-order valence-electron chi connectivity index (χ4n) is 3.44. The first-order valence-electron chi connectivity index (χ1n) is 9.53. The van der Waals surface area contributed by atoms with Gasteiger partial charge in [0, 0.05) is 12.1 Å². The van der Waals surface area contributed by atoms with Gasteiger partial charge in [0.15, 0.2) is 0 Å². The standard InChI is InChI=1S/C21H15ClN6O3/c1-11-6-13(28-21(30)25-20(29)17(9-23)26-28)7-15(22)19(11)31-14-4-5-16-18(8-14)27(10-24-16)12-2-3-12/h4-8,10,12H,2-3H2,1H3,(H,25,29,30). The summed E-state index contributed by atoms with van der Waals surface area (Å²) in [5.41, 5.74) is 0.813. The molecule has 2 heterocycles. The van der Waals surface area contributed by atoms with Crippen LogP contribution in [0.5, 0.6) is 11.5 Å². The van der Waals surface area contributed by atoms with Crippen molar-refractivity contribution in [3.63, 3.8) is 0 Å². The molecule has 0 saturated heterocycles. The van der Waals surface area contributed by atoms with Crippen LogP contribution in [0, 0.1) is 18.3 Å². The average molecular weight is 435 g/mol. The molecule has 0 spiro atoms. The number of halogens is 1. The molecule has 154 valence electrons. The quantitative estimate of drug-likeness (QED) is 0.526. The van der Waals surface area contributed by atoms with Crippen LogP contribution in [0.2, 0.25) is 5.02 Å². The number of aryl methyl sites for hydroxylation is 1. The molecule has 0 radical (unpaired) electrons. The van der Waals surface area contributed by atoms with Gasteiger partial charge in [0.25, 0.3) is 5.56 Å². The molecule has 9 nitrogen and oxygen atoms in total. The Morgan fingerprint density at radius 1 is 1.26 bits per heavy atom. The largest absolute Gasteiger partial charge is 0.455 e. The topological polar surface area (TPSA) is 119 Å². The van der Waals surface area contributed by atoms with E-state index >= 15 is 0 Å². The van der Waals surface area contributed by atoms with E-state index in [-0.39, 0.29) is 5.02 Å². The van der Waals surface area contributed by atoms with Crippen molar-refractivity contribution >= 4 is 22.6 Å². The number of nitrogens with zero attached hydrogens (tertiary/aromatic N) is 5. The van der Waals surface area contributed by atoms with Crippen LogP contribution in [0.15, 0.2) is 46.2 Å². The lowest BCUT2D eigenvalue weighted by Crippen LogP contribution is -2.33. The van der Waals surface area contributed by atoms with Crippen molar-refractivity contribution in [2.24, 2.45) is 0 Å². The minimum atomic E-state index is -0.840. The number of hydrogen-bond donors (Lipinski definition) is 1. The Balaban J connectivity index is 1.53. The van der Waals surface area contributed by atoms with Crippen LogP contribution in [0.3, 0.4) is 0 Å². The maximum atomic E-state index is 12.2. The molecule has 2 aromatic carbocycles. The van der Waals surface area contributed by atoms with Gasteiger partial charge in [-0.2, -0.15) is 9.94 Å². The van der Waals surface area contributed by atoms with E-state index in [0.717, 1.165) is 28.6 Å². The van der Waals surface area contributed by atoms with Crippen LogP contribution in [0.4, 0.5) is 0 Å². The zero-order chi connectivity index (χ0) is 21.7. The van der Waals surface area contributed by atoms with Crippen molar-refractivity contribution in [3.8, 4) is 23.3 Å². The summed E-state index contributed by atoms with van der Waals surface area (Å²) >= 11 is 6.46. The number of imidazole rings is 1. The average Bonchev–Trinajstić information content (AvgIpc) is 3.50. The van der Waals surface area contributed by atoms with E-state index in [9.17, 15) is 9.59 Å². The van der Waals surface area contributed by atoms with Crippen molar-refractivity contribution in [1.29, 1.82) is 5.26 Å². The van der Waals surface area contributed by atoms with Crippen LogP contribution in [-0.4, -0.2) is 24.3 Å². The zero-order valence-corrected chi connectivity index (χ0v) is 17.1. The first-order valence-corrected chi connectivity index (χ1v) is 9.91. The Hall–Kier alpha value is -3.90. The van der Waals surface area contributed by atoms with Crippen molar-refractivity contribution < 1.29 is 4.74 Å². The van der Waals surface area contributed by atoms with Crippen molar-refractivity contribution in [3.05, 3.63) is 73.8 Å². The van der Waals surface area contributed by atoms with Crippen LogP contribution in [0.1, 0.15) is 30.1 Å². The highest BCUT2D eigenvalue weighted by Crippen LogP contribution is 2.39. The molecule has 0 atom stereocenters. The van der Waals surface area contributed by atoms with Gasteiger partial charge in [0.05, 0.1) is 28.1 Å². The summed E-state index contributed by atoms with van der Waals surface area (Å²) in [6.45, 7) is 1.78. The van der Waals surface area contributed by atoms with Gasteiger partial charge in [0.2, 0.25) is 5.69 Å². The summed E-state index contributed by atoms with van der Waals surface area (Å²) in [5, 5.41) is 13.1. The Bertz CT molecular complexity index is 1480. The molecule has 1 aliphatic rings. The van der Waals surface area contributed by atoms with Crippen LogP contribution in [0.25, 0.3) is 16.7 Å². The van der Waals surface area contributed by atoms with Crippen molar-refractivity contribution in [2.75, 3.05) is 0 Å². The minimum absolute atomic E-state index is 0.254. The Morgan fingerprint density at radius 3 is 2.77 bits per heavy atom. The van der Waals surface area contributed by atoms with E-state index in [4.69, 9.17) is 21.6 Å². The number of benzene rings is 2. The first kappa shape index (κ1) is 19.1. The molecular formula is C21H15ClN6O3. The molecule has 0 bridgehead atoms. The summed E-state index contributed by atoms with van der Waals surface area (Å²) in [6, 6.07) is 10.9. The van der Waals surface area contributed by atoms with Crippen LogP contribution in [-0.2, 0) is 0 Å². The number of rotatable bonds is 4. The Morgan fingerprint density at radius 2 is 2.06 bits per heavy atom. The second-order valence-electron chi connectivity index (χ2n) is 7.34. The van der Waals surface area contributed by atoms with Crippen molar-refractivity contribution in [1.82, 2.24) is 24.3 Å². The number of aromatic nitrogens is 5. The lowest BCUT2D eigenvalue weighted by atomic mass is 10.2. The summed E-state index contributed by atoms with van der Waals surface area (Å²) in [4.78, 5) is 30.2.